The second kappa shape index (κ2) is 10.0. The number of nitrogens with zero attached hydrogens (tertiary/aromatic N) is 2. The van der Waals surface area contributed by atoms with Crippen molar-refractivity contribution in [2.24, 2.45) is 0 Å². The van der Waals surface area contributed by atoms with Gasteiger partial charge in [-0.3, -0.25) is 9.59 Å². The van der Waals surface area contributed by atoms with Crippen LogP contribution in [0.15, 0.2) is 0 Å². The van der Waals surface area contributed by atoms with Crippen molar-refractivity contribution in [1.29, 1.82) is 0 Å². The molecule has 196 valence electrons. The summed E-state index contributed by atoms with van der Waals surface area (Å²) in [4.78, 5) is 47.9. The summed E-state index contributed by atoms with van der Waals surface area (Å²) in [7, 11) is 0. The van der Waals surface area contributed by atoms with Gasteiger partial charge in [0.25, 0.3) is 0 Å². The van der Waals surface area contributed by atoms with Crippen LogP contribution < -0.4 is 0 Å². The molecule has 0 radical (unpaired) electrons. The number of hydrogen-bond acceptors (Lipinski definition) is 9. The molecule has 0 aromatic rings. The normalized spacial score (nSPS) is 24.8. The lowest BCUT2D eigenvalue weighted by molar-refractivity contribution is -0.280. The van der Waals surface area contributed by atoms with Crippen LogP contribution in [0, 0.1) is 0 Å². The van der Waals surface area contributed by atoms with Crippen molar-refractivity contribution in [3.8, 4) is 0 Å². The molecule has 0 amide bonds. The van der Waals surface area contributed by atoms with Crippen LogP contribution in [0.3, 0.4) is 0 Å². The van der Waals surface area contributed by atoms with Gasteiger partial charge in [-0.05, 0) is 55.4 Å². The van der Waals surface area contributed by atoms with E-state index in [1.54, 1.807) is 24.0 Å². The minimum Gasteiger partial charge on any atom is -0.431 e. The first-order chi connectivity index (χ1) is 15.4. The fourth-order valence-electron chi connectivity index (χ4n) is 5.64. The van der Waals surface area contributed by atoms with Gasteiger partial charge >= 0.3 is 18.1 Å². The monoisotopic (exact) mass is 484 g/mol. The molecule has 0 aliphatic carbocycles. The zero-order valence-electron chi connectivity index (χ0n) is 22.6. The van der Waals surface area contributed by atoms with Crippen LogP contribution >= 0.6 is 0 Å². The zero-order chi connectivity index (χ0) is 26.1. The number of carbonyl (C=O) groups is 3. The molecule has 9 nitrogen and oxygen atoms in total. The second-order valence-electron chi connectivity index (χ2n) is 12.0. The van der Waals surface area contributed by atoms with Crippen molar-refractivity contribution in [2.75, 3.05) is 0 Å². The standard InChI is InChI=1S/C25H44N2O7/c1-11-19(28)33-26-22(3,4)13-17(14-23(26,5)6)31-21(30)32-18-15-24(7,8)27(25(9,10)16-18)34-20(29)12-2/h17-18H,11-16H2,1-10H3. The van der Waals surface area contributed by atoms with Gasteiger partial charge < -0.3 is 19.1 Å². The highest BCUT2D eigenvalue weighted by atomic mass is 16.7. The van der Waals surface area contributed by atoms with Gasteiger partial charge in [-0.25, -0.2) is 4.79 Å². The molecule has 2 rings (SSSR count). The molecule has 0 saturated carbocycles. The Balaban J connectivity index is 2.03. The molecule has 2 aliphatic heterocycles. The van der Waals surface area contributed by atoms with Gasteiger partial charge in [-0.1, -0.05) is 13.8 Å². The number of hydroxylamine groups is 4. The van der Waals surface area contributed by atoms with Gasteiger partial charge in [0.2, 0.25) is 0 Å². The molecule has 0 aromatic heterocycles. The number of piperidine rings is 2. The molecule has 34 heavy (non-hydrogen) atoms. The Hall–Kier alpha value is -1.87. The van der Waals surface area contributed by atoms with E-state index in [2.05, 4.69) is 0 Å². The Kier molecular flexibility index (Phi) is 8.35. The van der Waals surface area contributed by atoms with Crippen LogP contribution in [0.2, 0.25) is 0 Å². The molecule has 2 saturated heterocycles. The lowest BCUT2D eigenvalue weighted by Gasteiger charge is -2.52. The van der Waals surface area contributed by atoms with Crippen molar-refractivity contribution in [3.63, 3.8) is 0 Å². The van der Waals surface area contributed by atoms with Gasteiger partial charge in [0.15, 0.2) is 0 Å². The molecule has 0 unspecified atom stereocenters. The van der Waals surface area contributed by atoms with E-state index in [-0.39, 0.29) is 37.0 Å². The zero-order valence-corrected chi connectivity index (χ0v) is 22.6. The molecular formula is C25H44N2O7. The average Bonchev–Trinajstić information content (AvgIpc) is 2.65. The van der Waals surface area contributed by atoms with E-state index in [1.165, 1.54) is 0 Å². The molecule has 2 heterocycles. The van der Waals surface area contributed by atoms with Crippen molar-refractivity contribution < 1.29 is 33.5 Å². The first kappa shape index (κ1) is 28.4. The van der Waals surface area contributed by atoms with E-state index in [0.717, 1.165) is 0 Å². The Morgan fingerprint density at radius 3 is 1.12 bits per heavy atom. The third-order valence-corrected chi connectivity index (χ3v) is 6.60. The molecule has 9 heteroatoms. The number of hydrogen-bond donors (Lipinski definition) is 0. The molecule has 0 atom stereocenters. The summed E-state index contributed by atoms with van der Waals surface area (Å²) in [5.41, 5.74) is -2.07. The topological polar surface area (TPSA) is 94.6 Å². The van der Waals surface area contributed by atoms with Gasteiger partial charge in [0.05, 0.1) is 22.2 Å². The predicted octanol–water partition coefficient (Wildman–Crippen LogP) is 4.92. The first-order valence-corrected chi connectivity index (χ1v) is 12.3. The predicted molar refractivity (Wildman–Crippen MR) is 126 cm³/mol. The van der Waals surface area contributed by atoms with E-state index in [1.807, 2.05) is 55.4 Å². The van der Waals surface area contributed by atoms with Crippen molar-refractivity contribution >= 4 is 18.1 Å². The highest BCUT2D eigenvalue weighted by Crippen LogP contribution is 2.42. The van der Waals surface area contributed by atoms with Crippen LogP contribution in [-0.2, 0) is 28.7 Å². The fourth-order valence-corrected chi connectivity index (χ4v) is 5.64. The maximum Gasteiger partial charge on any atom is 0.508 e. The Morgan fingerprint density at radius 1 is 0.618 bits per heavy atom. The summed E-state index contributed by atoms with van der Waals surface area (Å²) in [6.07, 6.45) is 1.15. The quantitative estimate of drug-likeness (QED) is 0.487. The van der Waals surface area contributed by atoms with E-state index >= 15 is 0 Å². The summed E-state index contributed by atoms with van der Waals surface area (Å²) < 4.78 is 11.5. The lowest BCUT2D eigenvalue weighted by atomic mass is 9.80. The van der Waals surface area contributed by atoms with Crippen molar-refractivity contribution in [2.45, 2.75) is 142 Å². The van der Waals surface area contributed by atoms with Crippen LogP contribution in [0.4, 0.5) is 4.79 Å². The fraction of sp³-hybridized carbons (Fsp3) is 0.880. The largest absolute Gasteiger partial charge is 0.508 e. The van der Waals surface area contributed by atoms with Gasteiger partial charge in [0.1, 0.15) is 12.2 Å². The Morgan fingerprint density at radius 2 is 0.882 bits per heavy atom. The minimum absolute atomic E-state index is 0.290. The summed E-state index contributed by atoms with van der Waals surface area (Å²) >= 11 is 0. The van der Waals surface area contributed by atoms with Gasteiger partial charge in [-0.15, -0.1) is 10.1 Å². The maximum atomic E-state index is 12.8. The van der Waals surface area contributed by atoms with Crippen molar-refractivity contribution in [3.05, 3.63) is 0 Å². The molecule has 0 bridgehead atoms. The van der Waals surface area contributed by atoms with Gasteiger partial charge in [-0.2, -0.15) is 0 Å². The average molecular weight is 485 g/mol. The lowest BCUT2D eigenvalue weighted by Crippen LogP contribution is -2.63. The molecule has 2 aliphatic rings. The van der Waals surface area contributed by atoms with Gasteiger partial charge in [0, 0.05) is 38.5 Å². The Labute approximate surface area is 204 Å². The number of ether oxygens (including phenoxy) is 2. The third-order valence-electron chi connectivity index (χ3n) is 6.60. The molecular weight excluding hydrogens is 440 g/mol. The summed E-state index contributed by atoms with van der Waals surface area (Å²) in [5, 5.41) is 3.46. The van der Waals surface area contributed by atoms with Crippen LogP contribution in [-0.4, -0.2) is 62.6 Å². The smallest absolute Gasteiger partial charge is 0.431 e. The van der Waals surface area contributed by atoms with Crippen LogP contribution in [0.5, 0.6) is 0 Å². The molecule has 0 spiro atoms. The summed E-state index contributed by atoms with van der Waals surface area (Å²) in [6.45, 7) is 19.3. The number of carbonyl (C=O) groups excluding carboxylic acids is 3. The van der Waals surface area contributed by atoms with Crippen LogP contribution in [0.1, 0.15) is 108 Å². The molecule has 2 fully saturated rings. The number of rotatable bonds is 6. The first-order valence-electron chi connectivity index (χ1n) is 12.3. The van der Waals surface area contributed by atoms with E-state index < -0.39 is 28.3 Å². The molecule has 0 aromatic carbocycles. The van der Waals surface area contributed by atoms with E-state index in [0.29, 0.717) is 25.7 Å². The maximum absolute atomic E-state index is 12.8. The van der Waals surface area contributed by atoms with Crippen LogP contribution in [0.25, 0.3) is 0 Å². The highest BCUT2D eigenvalue weighted by Gasteiger charge is 2.51. The summed E-state index contributed by atoms with van der Waals surface area (Å²) in [5.74, 6) is -0.581. The highest BCUT2D eigenvalue weighted by molar-refractivity contribution is 5.69. The third kappa shape index (κ3) is 6.62. The SMILES string of the molecule is CCC(=O)ON1C(C)(C)CC(OC(=O)OC2CC(C)(C)N(OC(=O)CC)C(C)(C)C2)CC1(C)C. The Bertz CT molecular complexity index is 677. The molecule has 0 N–H and O–H groups in total. The van der Waals surface area contributed by atoms with E-state index in [4.69, 9.17) is 19.1 Å². The van der Waals surface area contributed by atoms with E-state index in [9.17, 15) is 14.4 Å². The second-order valence-corrected chi connectivity index (χ2v) is 12.0. The summed E-state index contributed by atoms with van der Waals surface area (Å²) in [6, 6.07) is 0. The minimum atomic E-state index is -0.703. The van der Waals surface area contributed by atoms with Crippen molar-refractivity contribution in [1.82, 2.24) is 10.1 Å².